The van der Waals surface area contributed by atoms with Gasteiger partial charge in [0.05, 0.1) is 34.5 Å². The lowest BCUT2D eigenvalue weighted by Crippen LogP contribution is -2.37. The summed E-state index contributed by atoms with van der Waals surface area (Å²) in [5, 5.41) is 2.37. The number of hydrogen-bond donors (Lipinski definition) is 1. The van der Waals surface area contributed by atoms with Crippen LogP contribution in [0.25, 0.3) is 16.6 Å². The SMILES string of the molecule is C[C@H](NC(=O)OC(C)(C)C)c1nc2c(F)ccc(Cl)c2c(=O)n1-c1cncc(F)c1. The van der Waals surface area contributed by atoms with Crippen LogP contribution in [-0.2, 0) is 4.74 Å². The van der Waals surface area contributed by atoms with Gasteiger partial charge in [-0.2, -0.15) is 0 Å². The number of carbonyl (C=O) groups excluding carboxylic acids is 1. The van der Waals surface area contributed by atoms with Crippen LogP contribution in [0.4, 0.5) is 13.6 Å². The zero-order chi connectivity index (χ0) is 22.2. The summed E-state index contributed by atoms with van der Waals surface area (Å²) in [6.07, 6.45) is 1.45. The van der Waals surface area contributed by atoms with Crippen LogP contribution in [0.15, 0.2) is 35.4 Å². The Morgan fingerprint density at radius 2 is 1.97 bits per heavy atom. The smallest absolute Gasteiger partial charge is 0.408 e. The van der Waals surface area contributed by atoms with Crippen molar-refractivity contribution in [3.05, 3.63) is 63.4 Å². The van der Waals surface area contributed by atoms with E-state index in [0.717, 1.165) is 22.9 Å². The van der Waals surface area contributed by atoms with Crippen LogP contribution in [0.5, 0.6) is 0 Å². The van der Waals surface area contributed by atoms with Gasteiger partial charge in [0.15, 0.2) is 0 Å². The molecule has 0 aliphatic heterocycles. The number of carbonyl (C=O) groups is 1. The Bertz CT molecular complexity index is 1190. The number of halogens is 3. The summed E-state index contributed by atoms with van der Waals surface area (Å²) in [6.45, 7) is 6.61. The van der Waals surface area contributed by atoms with Crippen LogP contribution in [0, 0.1) is 11.6 Å². The highest BCUT2D eigenvalue weighted by molar-refractivity contribution is 6.35. The molecule has 0 spiro atoms. The molecule has 1 atom stereocenters. The van der Waals surface area contributed by atoms with E-state index in [2.05, 4.69) is 15.3 Å². The van der Waals surface area contributed by atoms with E-state index in [1.165, 1.54) is 19.2 Å². The summed E-state index contributed by atoms with van der Waals surface area (Å²) in [5.74, 6) is -1.50. The highest BCUT2D eigenvalue weighted by Crippen LogP contribution is 2.25. The second-order valence-corrected chi connectivity index (χ2v) is 8.00. The molecule has 3 aromatic rings. The molecule has 0 aliphatic rings. The lowest BCUT2D eigenvalue weighted by Gasteiger charge is -2.23. The van der Waals surface area contributed by atoms with E-state index in [1.54, 1.807) is 20.8 Å². The molecule has 0 fully saturated rings. The number of benzene rings is 1. The van der Waals surface area contributed by atoms with Gasteiger partial charge in [0.2, 0.25) is 0 Å². The monoisotopic (exact) mass is 436 g/mol. The highest BCUT2D eigenvalue weighted by atomic mass is 35.5. The van der Waals surface area contributed by atoms with Gasteiger partial charge in [-0.3, -0.25) is 14.3 Å². The molecule has 2 heterocycles. The molecule has 0 saturated heterocycles. The standard InChI is InChI=1S/C20H19ClF2N4O3/c1-10(25-19(29)30-20(2,3)4)17-26-16-14(23)6-5-13(21)15(16)18(28)27(17)12-7-11(22)8-24-9-12/h5-10H,1-4H3,(H,25,29)/t10-/m0/s1. The molecule has 0 radical (unpaired) electrons. The Balaban J connectivity index is 2.23. The van der Waals surface area contributed by atoms with Crippen LogP contribution in [0.1, 0.15) is 39.6 Å². The maximum atomic E-state index is 14.4. The number of rotatable bonds is 3. The first-order valence-electron chi connectivity index (χ1n) is 8.99. The first-order chi connectivity index (χ1) is 14.0. The Labute approximate surface area is 175 Å². The predicted molar refractivity (Wildman–Crippen MR) is 108 cm³/mol. The van der Waals surface area contributed by atoms with Crippen molar-refractivity contribution in [1.82, 2.24) is 19.9 Å². The van der Waals surface area contributed by atoms with E-state index >= 15 is 0 Å². The molecule has 2 aromatic heterocycles. The minimum absolute atomic E-state index is 0.0127. The Hall–Kier alpha value is -3.07. The van der Waals surface area contributed by atoms with Crippen molar-refractivity contribution in [3.63, 3.8) is 0 Å². The molecule has 0 saturated carbocycles. The Morgan fingerprint density at radius 1 is 1.27 bits per heavy atom. The fraction of sp³-hybridized carbons (Fsp3) is 0.300. The number of hydrogen-bond acceptors (Lipinski definition) is 5. The minimum Gasteiger partial charge on any atom is -0.444 e. The quantitative estimate of drug-likeness (QED) is 0.661. The van der Waals surface area contributed by atoms with E-state index in [0.29, 0.717) is 0 Å². The van der Waals surface area contributed by atoms with Crippen molar-refractivity contribution in [2.24, 2.45) is 0 Å². The van der Waals surface area contributed by atoms with Crippen LogP contribution in [-0.4, -0.2) is 26.2 Å². The summed E-state index contributed by atoms with van der Waals surface area (Å²) in [6, 6.07) is 2.48. The summed E-state index contributed by atoms with van der Waals surface area (Å²) in [7, 11) is 0. The van der Waals surface area contributed by atoms with Gasteiger partial charge >= 0.3 is 6.09 Å². The van der Waals surface area contributed by atoms with Crippen molar-refractivity contribution in [3.8, 4) is 5.69 Å². The third-order valence-electron chi connectivity index (χ3n) is 4.02. The first kappa shape index (κ1) is 21.6. The fourth-order valence-electron chi connectivity index (χ4n) is 2.85. The number of pyridine rings is 1. The summed E-state index contributed by atoms with van der Waals surface area (Å²) in [5.41, 5.74) is -1.71. The van der Waals surface area contributed by atoms with E-state index in [4.69, 9.17) is 16.3 Å². The van der Waals surface area contributed by atoms with Gasteiger partial charge in [-0.1, -0.05) is 11.6 Å². The molecule has 0 aliphatic carbocycles. The first-order valence-corrected chi connectivity index (χ1v) is 9.37. The molecule has 0 unspecified atom stereocenters. The number of amides is 1. The largest absolute Gasteiger partial charge is 0.444 e. The predicted octanol–water partition coefficient (Wildman–Crippen LogP) is 4.30. The maximum Gasteiger partial charge on any atom is 0.408 e. The van der Waals surface area contributed by atoms with Gasteiger partial charge in [-0.15, -0.1) is 0 Å². The summed E-state index contributed by atoms with van der Waals surface area (Å²) in [4.78, 5) is 33.4. The third kappa shape index (κ3) is 4.40. The zero-order valence-electron chi connectivity index (χ0n) is 16.7. The molecule has 0 bridgehead atoms. The topological polar surface area (TPSA) is 86.1 Å². The highest BCUT2D eigenvalue weighted by Gasteiger charge is 2.24. The van der Waals surface area contributed by atoms with Gasteiger partial charge < -0.3 is 10.1 Å². The normalized spacial score (nSPS) is 12.6. The molecule has 10 heteroatoms. The van der Waals surface area contributed by atoms with Crippen LogP contribution in [0.3, 0.4) is 0 Å². The summed E-state index contributed by atoms with van der Waals surface area (Å²) >= 11 is 6.11. The summed E-state index contributed by atoms with van der Waals surface area (Å²) < 4.78 is 34.5. The van der Waals surface area contributed by atoms with E-state index < -0.39 is 34.9 Å². The zero-order valence-corrected chi connectivity index (χ0v) is 17.4. The second-order valence-electron chi connectivity index (χ2n) is 7.59. The molecule has 1 amide bonds. The van der Waals surface area contributed by atoms with Gasteiger partial charge in [0.1, 0.15) is 28.6 Å². The number of aromatic nitrogens is 3. The molecule has 30 heavy (non-hydrogen) atoms. The minimum atomic E-state index is -0.904. The van der Waals surface area contributed by atoms with E-state index in [-0.39, 0.29) is 27.4 Å². The Kier molecular flexibility index (Phi) is 5.76. The average Bonchev–Trinajstić information content (AvgIpc) is 2.62. The maximum absolute atomic E-state index is 14.4. The molecule has 1 N–H and O–H groups in total. The van der Waals surface area contributed by atoms with Gasteiger partial charge in [0.25, 0.3) is 5.56 Å². The third-order valence-corrected chi connectivity index (χ3v) is 4.33. The molecule has 1 aromatic carbocycles. The molecule has 158 valence electrons. The molecule has 3 rings (SSSR count). The number of nitrogens with zero attached hydrogens (tertiary/aromatic N) is 3. The van der Waals surface area contributed by atoms with E-state index in [1.807, 2.05) is 0 Å². The van der Waals surface area contributed by atoms with Crippen LogP contribution in [0.2, 0.25) is 5.02 Å². The number of fused-ring (bicyclic) bond motifs is 1. The Morgan fingerprint density at radius 3 is 2.60 bits per heavy atom. The van der Waals surface area contributed by atoms with Crippen molar-refractivity contribution >= 4 is 28.6 Å². The van der Waals surface area contributed by atoms with Crippen molar-refractivity contribution < 1.29 is 18.3 Å². The van der Waals surface area contributed by atoms with Crippen molar-refractivity contribution in [1.29, 1.82) is 0 Å². The molecular weight excluding hydrogens is 418 g/mol. The fourth-order valence-corrected chi connectivity index (χ4v) is 3.08. The van der Waals surface area contributed by atoms with E-state index in [9.17, 15) is 18.4 Å². The van der Waals surface area contributed by atoms with Gasteiger partial charge in [-0.25, -0.2) is 18.6 Å². The van der Waals surface area contributed by atoms with Gasteiger partial charge in [0, 0.05) is 6.07 Å². The number of nitrogens with one attached hydrogen (secondary N) is 1. The molecule has 7 nitrogen and oxygen atoms in total. The lowest BCUT2D eigenvalue weighted by molar-refractivity contribution is 0.0505. The average molecular weight is 437 g/mol. The molecular formula is C20H19ClF2N4O3. The van der Waals surface area contributed by atoms with Crippen molar-refractivity contribution in [2.75, 3.05) is 0 Å². The number of ether oxygens (including phenoxy) is 1. The second kappa shape index (κ2) is 7.98. The van der Waals surface area contributed by atoms with Gasteiger partial charge in [-0.05, 0) is 39.8 Å². The lowest BCUT2D eigenvalue weighted by atomic mass is 10.2. The van der Waals surface area contributed by atoms with Crippen molar-refractivity contribution in [2.45, 2.75) is 39.3 Å². The van der Waals surface area contributed by atoms with Crippen LogP contribution < -0.4 is 10.9 Å². The van der Waals surface area contributed by atoms with Crippen LogP contribution >= 0.6 is 11.6 Å². The number of alkyl carbamates (subject to hydrolysis) is 1.